The Morgan fingerprint density at radius 2 is 1.88 bits per heavy atom. The molecule has 0 amide bonds. The molecule has 0 saturated heterocycles. The topological polar surface area (TPSA) is 70.1 Å². The molecular weight excluding hydrogens is 320 g/mol. The molecule has 0 fully saturated rings. The average Bonchev–Trinajstić information content (AvgIpc) is 2.80. The lowest BCUT2D eigenvalue weighted by Gasteiger charge is -2.12. The van der Waals surface area contributed by atoms with Crippen molar-refractivity contribution < 1.29 is 5.11 Å². The van der Waals surface area contributed by atoms with Gasteiger partial charge in [-0.3, -0.25) is 5.41 Å². The first-order valence-corrected chi connectivity index (χ1v) is 7.71. The van der Waals surface area contributed by atoms with Crippen LogP contribution in [0.5, 0.6) is 5.75 Å². The van der Waals surface area contributed by atoms with Crippen molar-refractivity contribution in [2.24, 2.45) is 5.73 Å². The fourth-order valence-electron chi connectivity index (χ4n) is 2.57. The van der Waals surface area contributed by atoms with Crippen LogP contribution in [0.15, 0.2) is 72.5 Å². The first-order chi connectivity index (χ1) is 11.6. The van der Waals surface area contributed by atoms with Crippen LogP contribution in [0.25, 0.3) is 11.1 Å². The van der Waals surface area contributed by atoms with E-state index in [0.717, 1.165) is 22.3 Å². The third-order valence-electron chi connectivity index (χ3n) is 3.71. The standard InChI is InChI=1S/C20H15ClN2O/c21-15-6-4-5-13(11-15)16-7-2-1-3-8-17(16)14-9-10-18(20(22)23)19(24)12-14/h1,3-12,24H,(H3,22,23). The quantitative estimate of drug-likeness (QED) is 0.438. The number of phenolic OH excluding ortho intramolecular Hbond substituents is 1. The molecule has 4 N–H and O–H groups in total. The second kappa shape index (κ2) is 6.63. The Kier molecular flexibility index (Phi) is 4.39. The van der Waals surface area contributed by atoms with Crippen LogP contribution in [0.3, 0.4) is 0 Å². The van der Waals surface area contributed by atoms with Gasteiger partial charge in [0.2, 0.25) is 0 Å². The summed E-state index contributed by atoms with van der Waals surface area (Å²) in [5, 5.41) is 18.3. The highest BCUT2D eigenvalue weighted by Gasteiger charge is 2.12. The lowest BCUT2D eigenvalue weighted by atomic mass is 9.93. The highest BCUT2D eigenvalue weighted by molar-refractivity contribution is 6.30. The normalized spacial score (nSPS) is 13.2. The number of nitrogen functional groups attached to an aromatic ring is 1. The van der Waals surface area contributed by atoms with Crippen LogP contribution in [0, 0.1) is 5.41 Å². The monoisotopic (exact) mass is 334 g/mol. The first-order valence-electron chi connectivity index (χ1n) is 7.33. The number of benzene rings is 2. The van der Waals surface area contributed by atoms with E-state index in [1.807, 2.05) is 54.6 Å². The van der Waals surface area contributed by atoms with Crippen molar-refractivity contribution in [3.05, 3.63) is 94.2 Å². The number of aromatic hydroxyl groups is 1. The van der Waals surface area contributed by atoms with Crippen LogP contribution in [0.4, 0.5) is 0 Å². The van der Waals surface area contributed by atoms with Gasteiger partial charge in [0.1, 0.15) is 11.6 Å². The lowest BCUT2D eigenvalue weighted by molar-refractivity contribution is 0.474. The number of amidine groups is 1. The number of nitrogens with one attached hydrogen (secondary N) is 1. The predicted octanol–water partition coefficient (Wildman–Crippen LogP) is 4.52. The van der Waals surface area contributed by atoms with Gasteiger partial charge in [0, 0.05) is 5.02 Å². The summed E-state index contributed by atoms with van der Waals surface area (Å²) in [6.45, 7) is 0. The van der Waals surface area contributed by atoms with Crippen molar-refractivity contribution in [3.63, 3.8) is 0 Å². The second-order valence-corrected chi connectivity index (χ2v) is 5.76. The van der Waals surface area contributed by atoms with E-state index in [9.17, 15) is 5.11 Å². The van der Waals surface area contributed by atoms with Crippen LogP contribution in [0.1, 0.15) is 16.7 Å². The molecule has 0 aromatic heterocycles. The molecule has 4 heteroatoms. The van der Waals surface area contributed by atoms with E-state index in [2.05, 4.69) is 5.73 Å². The summed E-state index contributed by atoms with van der Waals surface area (Å²) in [6, 6.07) is 12.7. The molecule has 2 aromatic rings. The predicted molar refractivity (Wildman–Crippen MR) is 99.2 cm³/mol. The number of nitrogens with two attached hydrogens (primary N) is 1. The molecule has 0 bridgehead atoms. The molecule has 0 unspecified atom stereocenters. The molecule has 0 saturated carbocycles. The van der Waals surface area contributed by atoms with E-state index in [-0.39, 0.29) is 11.6 Å². The molecule has 1 aliphatic carbocycles. The fourth-order valence-corrected chi connectivity index (χ4v) is 2.76. The molecule has 1 aliphatic rings. The molecule has 0 aliphatic heterocycles. The third-order valence-corrected chi connectivity index (χ3v) is 3.94. The van der Waals surface area contributed by atoms with E-state index in [0.29, 0.717) is 10.6 Å². The number of phenols is 1. The molecule has 0 heterocycles. The largest absolute Gasteiger partial charge is 0.507 e. The lowest BCUT2D eigenvalue weighted by Crippen LogP contribution is -2.11. The molecule has 2 aromatic carbocycles. The third kappa shape index (κ3) is 3.18. The van der Waals surface area contributed by atoms with Crippen molar-refractivity contribution in [3.8, 4) is 5.75 Å². The number of hydrogen-bond donors (Lipinski definition) is 3. The maximum absolute atomic E-state index is 10.1. The summed E-state index contributed by atoms with van der Waals surface area (Å²) < 4.78 is 0. The van der Waals surface area contributed by atoms with Crippen molar-refractivity contribution in [2.75, 3.05) is 0 Å². The second-order valence-electron chi connectivity index (χ2n) is 5.32. The van der Waals surface area contributed by atoms with Crippen LogP contribution >= 0.6 is 11.6 Å². The van der Waals surface area contributed by atoms with Crippen LogP contribution in [0.2, 0.25) is 5.02 Å². The highest BCUT2D eigenvalue weighted by atomic mass is 35.5. The fraction of sp³-hybridized carbons (Fsp3) is 0. The van der Waals surface area contributed by atoms with E-state index in [4.69, 9.17) is 22.7 Å². The zero-order chi connectivity index (χ0) is 17.1. The van der Waals surface area contributed by atoms with E-state index in [1.165, 1.54) is 0 Å². The Labute approximate surface area is 145 Å². The Balaban J connectivity index is 2.20. The van der Waals surface area contributed by atoms with Crippen molar-refractivity contribution in [1.29, 1.82) is 5.41 Å². The minimum atomic E-state index is -0.166. The van der Waals surface area contributed by atoms with E-state index in [1.54, 1.807) is 12.1 Å². The van der Waals surface area contributed by atoms with Crippen LogP contribution in [-0.2, 0) is 0 Å². The van der Waals surface area contributed by atoms with Gasteiger partial charge in [-0.1, -0.05) is 42.0 Å². The summed E-state index contributed by atoms with van der Waals surface area (Å²) in [5.74, 6) is -0.186. The smallest absolute Gasteiger partial charge is 0.127 e. The summed E-state index contributed by atoms with van der Waals surface area (Å²) >= 11 is 6.12. The van der Waals surface area contributed by atoms with Gasteiger partial charge in [-0.25, -0.2) is 0 Å². The molecule has 0 atom stereocenters. The van der Waals surface area contributed by atoms with Gasteiger partial charge >= 0.3 is 0 Å². The molecule has 3 nitrogen and oxygen atoms in total. The Hall–Kier alpha value is -3.00. The average molecular weight is 335 g/mol. The molecule has 24 heavy (non-hydrogen) atoms. The Morgan fingerprint density at radius 3 is 2.58 bits per heavy atom. The maximum atomic E-state index is 10.1. The maximum Gasteiger partial charge on any atom is 0.127 e. The molecular formula is C20H15ClN2O. The summed E-state index contributed by atoms with van der Waals surface area (Å²) in [4.78, 5) is 0. The van der Waals surface area contributed by atoms with Crippen molar-refractivity contribution in [2.45, 2.75) is 0 Å². The minimum absolute atomic E-state index is 0.0208. The number of allylic oxidation sites excluding steroid dienone is 5. The van der Waals surface area contributed by atoms with Gasteiger partial charge < -0.3 is 10.8 Å². The Morgan fingerprint density at radius 1 is 1.08 bits per heavy atom. The number of hydrogen-bond acceptors (Lipinski definition) is 2. The van der Waals surface area contributed by atoms with Gasteiger partial charge in [0.25, 0.3) is 0 Å². The molecule has 118 valence electrons. The Bertz CT molecular complexity index is 948. The van der Waals surface area contributed by atoms with E-state index < -0.39 is 0 Å². The van der Waals surface area contributed by atoms with Crippen molar-refractivity contribution in [1.82, 2.24) is 0 Å². The van der Waals surface area contributed by atoms with Crippen LogP contribution < -0.4 is 5.73 Å². The molecule has 0 radical (unpaired) electrons. The van der Waals surface area contributed by atoms with Crippen LogP contribution in [-0.4, -0.2) is 10.9 Å². The van der Waals surface area contributed by atoms with Gasteiger partial charge in [-0.05, 0) is 58.7 Å². The zero-order valence-corrected chi connectivity index (χ0v) is 13.5. The van der Waals surface area contributed by atoms with Gasteiger partial charge in [0.15, 0.2) is 0 Å². The van der Waals surface area contributed by atoms with Gasteiger partial charge in [0.05, 0.1) is 5.56 Å². The number of rotatable bonds is 3. The van der Waals surface area contributed by atoms with Crippen molar-refractivity contribution >= 4 is 28.6 Å². The molecule has 3 rings (SSSR count). The summed E-state index contributed by atoms with van der Waals surface area (Å²) in [6.07, 6.45) is 7.55. The van der Waals surface area contributed by atoms with E-state index >= 15 is 0 Å². The SMILES string of the molecule is N=C(N)c1ccc(C2=C(c3cccc(Cl)c3)C=C=CC=C2)cc1O. The highest BCUT2D eigenvalue weighted by Crippen LogP contribution is 2.33. The first kappa shape index (κ1) is 15.9. The van der Waals surface area contributed by atoms with Gasteiger partial charge in [-0.15, -0.1) is 5.73 Å². The summed E-state index contributed by atoms with van der Waals surface area (Å²) in [5.41, 5.74) is 12.5. The van der Waals surface area contributed by atoms with Gasteiger partial charge in [-0.2, -0.15) is 0 Å². The number of halogens is 1. The zero-order valence-electron chi connectivity index (χ0n) is 12.8. The summed E-state index contributed by atoms with van der Waals surface area (Å²) in [7, 11) is 0. The minimum Gasteiger partial charge on any atom is -0.507 e. The molecule has 0 spiro atoms.